The lowest BCUT2D eigenvalue weighted by molar-refractivity contribution is 0.0926. The summed E-state index contributed by atoms with van der Waals surface area (Å²) in [7, 11) is 0.228. The van der Waals surface area contributed by atoms with Crippen molar-refractivity contribution in [2.24, 2.45) is 0 Å². The van der Waals surface area contributed by atoms with Gasteiger partial charge in [-0.1, -0.05) is 12.1 Å². The van der Waals surface area contributed by atoms with Crippen LogP contribution >= 0.6 is 0 Å². The quantitative estimate of drug-likeness (QED) is 0.716. The third kappa shape index (κ3) is 4.71. The monoisotopic (exact) mass is 399 g/mol. The van der Waals surface area contributed by atoms with Crippen molar-refractivity contribution in [2.75, 3.05) is 32.1 Å². The van der Waals surface area contributed by atoms with Crippen molar-refractivity contribution in [3.63, 3.8) is 0 Å². The predicted octanol–water partition coefficient (Wildman–Crippen LogP) is 2.99. The number of benzene rings is 2. The fourth-order valence-corrected chi connectivity index (χ4v) is 4.68. The van der Waals surface area contributed by atoms with E-state index in [9.17, 15) is 8.42 Å². The Morgan fingerprint density at radius 2 is 1.79 bits per heavy atom. The lowest BCUT2D eigenvalue weighted by Gasteiger charge is -2.25. The van der Waals surface area contributed by atoms with Crippen LogP contribution in [0.2, 0.25) is 0 Å². The number of hydrogen-bond acceptors (Lipinski definition) is 5. The van der Waals surface area contributed by atoms with Gasteiger partial charge < -0.3 is 9.64 Å². The molecule has 0 aliphatic carbocycles. The van der Waals surface area contributed by atoms with Crippen LogP contribution in [0.1, 0.15) is 24.0 Å². The molecule has 0 bridgehead atoms. The number of rotatable bonds is 7. The van der Waals surface area contributed by atoms with Gasteiger partial charge in [0, 0.05) is 39.5 Å². The number of hydrogen-bond donors (Lipinski definition) is 0. The summed E-state index contributed by atoms with van der Waals surface area (Å²) in [6.45, 7) is 1.26. The highest BCUT2D eigenvalue weighted by molar-refractivity contribution is 7.89. The lowest BCUT2D eigenvalue weighted by Crippen LogP contribution is -2.37. The van der Waals surface area contributed by atoms with Gasteiger partial charge in [-0.15, -0.1) is 0 Å². The zero-order valence-corrected chi connectivity index (χ0v) is 17.0. The van der Waals surface area contributed by atoms with Crippen molar-refractivity contribution in [1.82, 2.24) is 4.31 Å². The van der Waals surface area contributed by atoms with Gasteiger partial charge in [0.05, 0.1) is 22.6 Å². The molecule has 0 saturated carbocycles. The van der Waals surface area contributed by atoms with Gasteiger partial charge in [0.25, 0.3) is 0 Å². The first-order valence-electron chi connectivity index (χ1n) is 9.28. The van der Waals surface area contributed by atoms with Gasteiger partial charge >= 0.3 is 0 Å². The average Bonchev–Trinajstić information content (AvgIpc) is 3.21. The molecule has 1 saturated heterocycles. The standard InChI is InChI=1S/C21H25N3O3S/c1-23(2)19-9-5-18(6-10-19)15-24(16-20-4-3-13-27-20)28(25,26)21-11-7-17(14-22)8-12-21/h5-12,20H,3-4,13,15-16H2,1-2H3/t20-/m0/s1. The van der Waals surface area contributed by atoms with Crippen molar-refractivity contribution in [3.8, 4) is 6.07 Å². The van der Waals surface area contributed by atoms with E-state index in [0.717, 1.165) is 24.1 Å². The summed E-state index contributed by atoms with van der Waals surface area (Å²) in [6.07, 6.45) is 1.72. The maximum atomic E-state index is 13.3. The molecule has 7 heteroatoms. The predicted molar refractivity (Wildman–Crippen MR) is 108 cm³/mol. The molecule has 1 fully saturated rings. The number of sulfonamides is 1. The first kappa shape index (κ1) is 20.3. The van der Waals surface area contributed by atoms with Crippen LogP contribution in [-0.4, -0.2) is 46.1 Å². The normalized spacial score (nSPS) is 16.9. The second-order valence-electron chi connectivity index (χ2n) is 7.13. The minimum atomic E-state index is -3.70. The molecule has 0 N–H and O–H groups in total. The molecule has 0 unspecified atom stereocenters. The molecule has 3 rings (SSSR count). The minimum Gasteiger partial charge on any atom is -0.378 e. The summed E-state index contributed by atoms with van der Waals surface area (Å²) in [5.74, 6) is 0. The molecular formula is C21H25N3O3S. The van der Waals surface area contributed by atoms with Crippen LogP contribution in [0.3, 0.4) is 0 Å². The van der Waals surface area contributed by atoms with Gasteiger partial charge in [0.15, 0.2) is 0 Å². The van der Waals surface area contributed by atoms with Crippen molar-refractivity contribution in [1.29, 1.82) is 5.26 Å². The summed E-state index contributed by atoms with van der Waals surface area (Å²) in [6, 6.07) is 15.9. The Labute approximate surface area is 167 Å². The lowest BCUT2D eigenvalue weighted by atomic mass is 10.2. The van der Waals surface area contributed by atoms with Gasteiger partial charge in [-0.05, 0) is 54.8 Å². The Morgan fingerprint density at radius 3 is 2.32 bits per heavy atom. The maximum Gasteiger partial charge on any atom is 0.243 e. The second kappa shape index (κ2) is 8.74. The maximum absolute atomic E-state index is 13.3. The van der Waals surface area contributed by atoms with Gasteiger partial charge in [0.1, 0.15) is 0 Å². The first-order valence-corrected chi connectivity index (χ1v) is 10.7. The van der Waals surface area contributed by atoms with Gasteiger partial charge in [0.2, 0.25) is 10.0 Å². The largest absolute Gasteiger partial charge is 0.378 e. The molecule has 0 amide bonds. The molecule has 0 aromatic heterocycles. The number of anilines is 1. The summed E-state index contributed by atoms with van der Waals surface area (Å²) >= 11 is 0. The van der Waals surface area contributed by atoms with E-state index in [1.165, 1.54) is 28.6 Å². The molecular weight excluding hydrogens is 374 g/mol. The smallest absolute Gasteiger partial charge is 0.243 e. The van der Waals surface area contributed by atoms with Crippen molar-refractivity contribution >= 4 is 15.7 Å². The molecule has 1 aliphatic rings. The molecule has 1 aliphatic heterocycles. The fraction of sp³-hybridized carbons (Fsp3) is 0.381. The molecule has 2 aromatic carbocycles. The van der Waals surface area contributed by atoms with Crippen molar-refractivity contribution < 1.29 is 13.2 Å². The van der Waals surface area contributed by atoms with E-state index >= 15 is 0 Å². The van der Waals surface area contributed by atoms with Gasteiger partial charge in [-0.25, -0.2) is 8.42 Å². The van der Waals surface area contributed by atoms with E-state index in [1.807, 2.05) is 49.3 Å². The molecule has 1 heterocycles. The molecule has 1 atom stereocenters. The van der Waals surface area contributed by atoms with Crippen LogP contribution in [-0.2, 0) is 21.3 Å². The zero-order chi connectivity index (χ0) is 20.1. The van der Waals surface area contributed by atoms with Crippen LogP contribution in [0, 0.1) is 11.3 Å². The fourth-order valence-electron chi connectivity index (χ4n) is 3.22. The minimum absolute atomic E-state index is 0.0887. The molecule has 148 valence electrons. The first-order chi connectivity index (χ1) is 13.4. The third-order valence-electron chi connectivity index (χ3n) is 4.86. The van der Waals surface area contributed by atoms with E-state index in [4.69, 9.17) is 10.00 Å². The molecule has 6 nitrogen and oxygen atoms in total. The Kier molecular flexibility index (Phi) is 6.35. The third-order valence-corrected chi connectivity index (χ3v) is 6.69. The highest BCUT2D eigenvalue weighted by Gasteiger charge is 2.29. The van der Waals surface area contributed by atoms with E-state index in [-0.39, 0.29) is 17.5 Å². The van der Waals surface area contributed by atoms with Crippen molar-refractivity contribution in [3.05, 3.63) is 59.7 Å². The zero-order valence-electron chi connectivity index (χ0n) is 16.2. The molecule has 28 heavy (non-hydrogen) atoms. The highest BCUT2D eigenvalue weighted by Crippen LogP contribution is 2.23. The van der Waals surface area contributed by atoms with Gasteiger partial charge in [-0.3, -0.25) is 0 Å². The van der Waals surface area contributed by atoms with E-state index in [2.05, 4.69) is 0 Å². The second-order valence-corrected chi connectivity index (χ2v) is 9.07. The van der Waals surface area contributed by atoms with E-state index in [1.54, 1.807) is 0 Å². The molecule has 0 spiro atoms. The summed E-state index contributed by atoms with van der Waals surface area (Å²) in [5.41, 5.74) is 2.41. The summed E-state index contributed by atoms with van der Waals surface area (Å²) in [5, 5.41) is 8.96. The van der Waals surface area contributed by atoms with Crippen LogP contribution in [0.5, 0.6) is 0 Å². The van der Waals surface area contributed by atoms with Crippen LogP contribution in [0.25, 0.3) is 0 Å². The Bertz CT molecular complexity index is 926. The summed E-state index contributed by atoms with van der Waals surface area (Å²) < 4.78 is 33.7. The SMILES string of the molecule is CN(C)c1ccc(CN(C[C@@H]2CCCO2)S(=O)(=O)c2ccc(C#N)cc2)cc1. The number of nitriles is 1. The van der Waals surface area contributed by atoms with E-state index < -0.39 is 10.0 Å². The van der Waals surface area contributed by atoms with E-state index in [0.29, 0.717) is 18.7 Å². The number of nitrogens with zero attached hydrogens (tertiary/aromatic N) is 3. The Morgan fingerprint density at radius 1 is 1.11 bits per heavy atom. The van der Waals surface area contributed by atoms with Crippen LogP contribution < -0.4 is 4.90 Å². The topological polar surface area (TPSA) is 73.6 Å². The molecule has 0 radical (unpaired) electrons. The Balaban J connectivity index is 1.87. The summed E-state index contributed by atoms with van der Waals surface area (Å²) in [4.78, 5) is 2.19. The van der Waals surface area contributed by atoms with Crippen molar-refractivity contribution in [2.45, 2.75) is 30.4 Å². The number of ether oxygens (including phenoxy) is 1. The van der Waals surface area contributed by atoms with Crippen LogP contribution in [0.4, 0.5) is 5.69 Å². The average molecular weight is 400 g/mol. The van der Waals surface area contributed by atoms with Gasteiger partial charge in [-0.2, -0.15) is 9.57 Å². The highest BCUT2D eigenvalue weighted by atomic mass is 32.2. The van der Waals surface area contributed by atoms with Crippen LogP contribution in [0.15, 0.2) is 53.4 Å². The molecule has 2 aromatic rings. The Hall–Kier alpha value is -2.40.